The highest BCUT2D eigenvalue weighted by Crippen LogP contribution is 2.29. The topological polar surface area (TPSA) is 87.7 Å². The summed E-state index contributed by atoms with van der Waals surface area (Å²) < 4.78 is 5.77. The standard InChI is InChI=1S/C19H18O5/c1-3-8-19(2,23)12-5-6-13-16(10-12)24-15-7-4-11(18(21)22)9-14(15)17(13)20/h4-7,9-10,23H,3,8H2,1-2H3,(H,21,22). The van der Waals surface area contributed by atoms with Crippen LogP contribution in [0.4, 0.5) is 0 Å². The van der Waals surface area contributed by atoms with Crippen molar-refractivity contribution in [3.8, 4) is 0 Å². The minimum absolute atomic E-state index is 0.0386. The van der Waals surface area contributed by atoms with Crippen molar-refractivity contribution in [2.24, 2.45) is 0 Å². The maximum Gasteiger partial charge on any atom is 0.335 e. The van der Waals surface area contributed by atoms with Crippen LogP contribution in [0.3, 0.4) is 0 Å². The quantitative estimate of drug-likeness (QED) is 0.715. The van der Waals surface area contributed by atoms with Gasteiger partial charge in [-0.1, -0.05) is 19.4 Å². The van der Waals surface area contributed by atoms with Gasteiger partial charge in [0.2, 0.25) is 5.43 Å². The van der Waals surface area contributed by atoms with Gasteiger partial charge >= 0.3 is 5.97 Å². The van der Waals surface area contributed by atoms with Crippen molar-refractivity contribution in [1.82, 2.24) is 0 Å². The largest absolute Gasteiger partial charge is 0.478 e. The maximum absolute atomic E-state index is 12.6. The number of carboxylic acids is 1. The van der Waals surface area contributed by atoms with Gasteiger partial charge in [0, 0.05) is 0 Å². The van der Waals surface area contributed by atoms with Gasteiger partial charge in [0.25, 0.3) is 0 Å². The smallest absolute Gasteiger partial charge is 0.335 e. The molecule has 2 aromatic carbocycles. The summed E-state index contributed by atoms with van der Waals surface area (Å²) in [6, 6.07) is 9.21. The maximum atomic E-state index is 12.6. The molecule has 3 aromatic rings. The molecule has 0 saturated carbocycles. The number of aromatic carboxylic acids is 1. The lowest BCUT2D eigenvalue weighted by atomic mass is 9.91. The SMILES string of the molecule is CCCC(C)(O)c1ccc2c(=O)c3cc(C(=O)O)ccc3oc2c1. The van der Waals surface area contributed by atoms with Gasteiger partial charge in [-0.25, -0.2) is 4.79 Å². The molecule has 0 bridgehead atoms. The molecule has 1 heterocycles. The van der Waals surface area contributed by atoms with Gasteiger partial charge in [0.05, 0.1) is 21.9 Å². The van der Waals surface area contributed by atoms with E-state index in [-0.39, 0.29) is 16.4 Å². The zero-order chi connectivity index (χ0) is 17.5. The lowest BCUT2D eigenvalue weighted by Crippen LogP contribution is -2.20. The summed E-state index contributed by atoms with van der Waals surface area (Å²) >= 11 is 0. The summed E-state index contributed by atoms with van der Waals surface area (Å²) in [5, 5.41) is 20.2. The Morgan fingerprint density at radius 2 is 1.88 bits per heavy atom. The summed E-state index contributed by atoms with van der Waals surface area (Å²) in [6.45, 7) is 3.72. The minimum Gasteiger partial charge on any atom is -0.478 e. The summed E-state index contributed by atoms with van der Waals surface area (Å²) in [4.78, 5) is 23.7. The van der Waals surface area contributed by atoms with Crippen LogP contribution in [0.25, 0.3) is 21.9 Å². The van der Waals surface area contributed by atoms with Gasteiger partial charge in [-0.2, -0.15) is 0 Å². The fourth-order valence-corrected chi connectivity index (χ4v) is 2.95. The molecule has 0 aliphatic heterocycles. The van der Waals surface area contributed by atoms with E-state index in [0.29, 0.717) is 28.5 Å². The van der Waals surface area contributed by atoms with E-state index in [1.165, 1.54) is 18.2 Å². The highest BCUT2D eigenvalue weighted by molar-refractivity contribution is 5.96. The van der Waals surface area contributed by atoms with Crippen molar-refractivity contribution >= 4 is 27.9 Å². The number of rotatable bonds is 4. The number of carbonyl (C=O) groups is 1. The molecule has 5 nitrogen and oxygen atoms in total. The van der Waals surface area contributed by atoms with E-state index in [1.807, 2.05) is 6.92 Å². The Balaban J connectivity index is 2.26. The molecule has 0 aliphatic rings. The van der Waals surface area contributed by atoms with Crippen molar-refractivity contribution < 1.29 is 19.4 Å². The van der Waals surface area contributed by atoms with Crippen LogP contribution in [-0.4, -0.2) is 16.2 Å². The molecule has 5 heteroatoms. The Kier molecular flexibility index (Phi) is 3.89. The molecule has 0 amide bonds. The third-order valence-electron chi connectivity index (χ3n) is 4.28. The first-order chi connectivity index (χ1) is 11.3. The number of hydrogen-bond donors (Lipinski definition) is 2. The average molecular weight is 326 g/mol. The highest BCUT2D eigenvalue weighted by Gasteiger charge is 2.23. The van der Waals surface area contributed by atoms with Crippen LogP contribution in [0.2, 0.25) is 0 Å². The van der Waals surface area contributed by atoms with Crippen LogP contribution in [-0.2, 0) is 5.60 Å². The molecule has 0 radical (unpaired) electrons. The van der Waals surface area contributed by atoms with Crippen LogP contribution >= 0.6 is 0 Å². The number of benzene rings is 2. The molecule has 1 unspecified atom stereocenters. The minimum atomic E-state index is -1.10. The molecule has 124 valence electrons. The van der Waals surface area contributed by atoms with E-state index in [0.717, 1.165) is 6.42 Å². The zero-order valence-corrected chi connectivity index (χ0v) is 13.5. The van der Waals surface area contributed by atoms with E-state index in [1.54, 1.807) is 25.1 Å². The number of aliphatic hydroxyl groups is 1. The molecular weight excluding hydrogens is 308 g/mol. The normalized spacial score (nSPS) is 14.0. The molecule has 0 spiro atoms. The molecule has 3 rings (SSSR count). The Labute approximate surface area is 138 Å². The Bertz CT molecular complexity index is 998. The fraction of sp³-hybridized carbons (Fsp3) is 0.263. The van der Waals surface area contributed by atoms with Crippen LogP contribution in [0.15, 0.2) is 45.6 Å². The molecule has 1 aromatic heterocycles. The van der Waals surface area contributed by atoms with Gasteiger partial charge in [-0.05, 0) is 49.2 Å². The van der Waals surface area contributed by atoms with Crippen molar-refractivity contribution in [3.05, 3.63) is 57.7 Å². The average Bonchev–Trinajstić information content (AvgIpc) is 2.54. The molecule has 2 N–H and O–H groups in total. The van der Waals surface area contributed by atoms with Gasteiger partial charge < -0.3 is 14.6 Å². The van der Waals surface area contributed by atoms with Gasteiger partial charge in [0.15, 0.2) is 0 Å². The van der Waals surface area contributed by atoms with Crippen LogP contribution in [0.5, 0.6) is 0 Å². The molecule has 0 saturated heterocycles. The lowest BCUT2D eigenvalue weighted by Gasteiger charge is -2.23. The Morgan fingerprint density at radius 1 is 1.12 bits per heavy atom. The molecule has 1 atom stereocenters. The van der Waals surface area contributed by atoms with E-state index < -0.39 is 11.6 Å². The van der Waals surface area contributed by atoms with Gasteiger partial charge in [-0.15, -0.1) is 0 Å². The number of hydrogen-bond acceptors (Lipinski definition) is 4. The number of carboxylic acid groups (broad SMARTS) is 1. The third-order valence-corrected chi connectivity index (χ3v) is 4.28. The monoisotopic (exact) mass is 326 g/mol. The molecule has 0 aliphatic carbocycles. The van der Waals surface area contributed by atoms with E-state index in [2.05, 4.69) is 0 Å². The van der Waals surface area contributed by atoms with E-state index in [9.17, 15) is 14.7 Å². The molecule has 24 heavy (non-hydrogen) atoms. The first kappa shape index (κ1) is 16.2. The highest BCUT2D eigenvalue weighted by atomic mass is 16.4. The van der Waals surface area contributed by atoms with Gasteiger partial charge in [-0.3, -0.25) is 4.79 Å². The Morgan fingerprint density at radius 3 is 2.54 bits per heavy atom. The van der Waals surface area contributed by atoms with Crippen molar-refractivity contribution in [1.29, 1.82) is 0 Å². The summed E-state index contributed by atoms with van der Waals surface area (Å²) in [6.07, 6.45) is 1.42. The second kappa shape index (κ2) is 5.76. The lowest BCUT2D eigenvalue weighted by molar-refractivity contribution is 0.0470. The van der Waals surface area contributed by atoms with E-state index in [4.69, 9.17) is 9.52 Å². The van der Waals surface area contributed by atoms with Gasteiger partial charge in [0.1, 0.15) is 11.2 Å². The predicted octanol–water partition coefficient (Wildman–Crippen LogP) is 3.65. The van der Waals surface area contributed by atoms with Crippen LogP contribution in [0, 0.1) is 0 Å². The number of fused-ring (bicyclic) bond motifs is 2. The second-order valence-electron chi connectivity index (χ2n) is 6.18. The van der Waals surface area contributed by atoms with Crippen LogP contribution in [0.1, 0.15) is 42.6 Å². The molecular formula is C19H18O5. The summed E-state index contributed by atoms with van der Waals surface area (Å²) in [5.41, 5.74) is 0.146. The fourth-order valence-electron chi connectivity index (χ4n) is 2.95. The molecule has 0 fully saturated rings. The first-order valence-electron chi connectivity index (χ1n) is 7.80. The zero-order valence-electron chi connectivity index (χ0n) is 13.5. The third kappa shape index (κ3) is 2.67. The first-order valence-corrected chi connectivity index (χ1v) is 7.80. The Hall–Kier alpha value is -2.66. The van der Waals surface area contributed by atoms with E-state index >= 15 is 0 Å². The summed E-state index contributed by atoms with van der Waals surface area (Å²) in [7, 11) is 0. The summed E-state index contributed by atoms with van der Waals surface area (Å²) in [5.74, 6) is -1.10. The predicted molar refractivity (Wildman–Crippen MR) is 91.4 cm³/mol. The van der Waals surface area contributed by atoms with Crippen molar-refractivity contribution in [2.75, 3.05) is 0 Å². The van der Waals surface area contributed by atoms with Crippen LogP contribution < -0.4 is 5.43 Å². The second-order valence-corrected chi connectivity index (χ2v) is 6.18. The van der Waals surface area contributed by atoms with Crippen molar-refractivity contribution in [3.63, 3.8) is 0 Å². The van der Waals surface area contributed by atoms with Crippen molar-refractivity contribution in [2.45, 2.75) is 32.3 Å².